The summed E-state index contributed by atoms with van der Waals surface area (Å²) in [6, 6.07) is 8.67. The fraction of sp³-hybridized carbons (Fsp3) is 0.333. The van der Waals surface area contributed by atoms with Crippen molar-refractivity contribution in [3.63, 3.8) is 0 Å². The molecule has 2 heteroatoms. The summed E-state index contributed by atoms with van der Waals surface area (Å²) in [5.74, 6) is 0.976. The van der Waals surface area contributed by atoms with Crippen LogP contribution in [0.25, 0.3) is 0 Å². The third-order valence-corrected chi connectivity index (χ3v) is 2.47. The zero-order valence-corrected chi connectivity index (χ0v) is 8.20. The zero-order chi connectivity index (χ0) is 9.80. The fourth-order valence-electron chi connectivity index (χ4n) is 1.60. The first-order chi connectivity index (χ1) is 6.92. The predicted molar refractivity (Wildman–Crippen MR) is 57.5 cm³/mol. The summed E-state index contributed by atoms with van der Waals surface area (Å²) in [5, 5.41) is 3.37. The number of para-hydroxylation sites is 1. The number of benzene rings is 1. The van der Waals surface area contributed by atoms with Gasteiger partial charge in [-0.1, -0.05) is 30.9 Å². The summed E-state index contributed by atoms with van der Waals surface area (Å²) in [6.07, 6.45) is 2.97. The van der Waals surface area contributed by atoms with E-state index in [4.69, 9.17) is 4.74 Å². The highest BCUT2D eigenvalue weighted by atomic mass is 16.5. The van der Waals surface area contributed by atoms with Crippen molar-refractivity contribution < 1.29 is 4.74 Å². The highest BCUT2D eigenvalue weighted by Crippen LogP contribution is 2.30. The lowest BCUT2D eigenvalue weighted by atomic mass is 9.97. The van der Waals surface area contributed by atoms with Crippen molar-refractivity contribution in [2.24, 2.45) is 0 Å². The van der Waals surface area contributed by atoms with Crippen LogP contribution < -0.4 is 10.1 Å². The van der Waals surface area contributed by atoms with E-state index in [1.807, 2.05) is 12.1 Å². The van der Waals surface area contributed by atoms with Crippen LogP contribution in [-0.2, 0) is 0 Å². The number of nitrogens with one attached hydrogen (secondary N) is 1. The van der Waals surface area contributed by atoms with E-state index >= 15 is 0 Å². The second-order valence-corrected chi connectivity index (χ2v) is 3.43. The smallest absolute Gasteiger partial charge is 0.124 e. The Morgan fingerprint density at radius 3 is 2.93 bits per heavy atom. The Balaban J connectivity index is 2.14. The summed E-state index contributed by atoms with van der Waals surface area (Å²) in [5.41, 5.74) is 1.26. The second kappa shape index (κ2) is 4.29. The van der Waals surface area contributed by atoms with Gasteiger partial charge >= 0.3 is 0 Å². The Bertz CT molecular complexity index is 318. The van der Waals surface area contributed by atoms with Crippen LogP contribution >= 0.6 is 0 Å². The van der Waals surface area contributed by atoms with Gasteiger partial charge in [0.25, 0.3) is 0 Å². The molecule has 74 valence electrons. The summed E-state index contributed by atoms with van der Waals surface area (Å²) < 4.78 is 5.59. The molecule has 1 fully saturated rings. The van der Waals surface area contributed by atoms with Crippen molar-refractivity contribution in [1.82, 2.24) is 5.32 Å². The molecule has 1 aliphatic rings. The fourth-order valence-corrected chi connectivity index (χ4v) is 1.60. The van der Waals surface area contributed by atoms with Crippen molar-refractivity contribution in [2.75, 3.05) is 13.2 Å². The maximum Gasteiger partial charge on any atom is 0.124 e. The number of rotatable bonds is 4. The molecule has 0 radical (unpaired) electrons. The molecule has 2 nitrogen and oxygen atoms in total. The molecule has 0 amide bonds. The minimum atomic E-state index is 0.482. The van der Waals surface area contributed by atoms with Crippen molar-refractivity contribution >= 4 is 0 Å². The van der Waals surface area contributed by atoms with E-state index in [0.29, 0.717) is 12.6 Å². The summed E-state index contributed by atoms with van der Waals surface area (Å²) in [7, 11) is 0. The lowest BCUT2D eigenvalue weighted by Gasteiger charge is -2.29. The van der Waals surface area contributed by atoms with Crippen LogP contribution in [-0.4, -0.2) is 13.2 Å². The van der Waals surface area contributed by atoms with E-state index in [2.05, 4.69) is 24.0 Å². The zero-order valence-electron chi connectivity index (χ0n) is 8.20. The third kappa shape index (κ3) is 1.80. The van der Waals surface area contributed by atoms with Crippen LogP contribution in [0.1, 0.15) is 18.0 Å². The van der Waals surface area contributed by atoms with E-state index in [1.165, 1.54) is 12.0 Å². The monoisotopic (exact) mass is 189 g/mol. The van der Waals surface area contributed by atoms with E-state index in [-0.39, 0.29) is 0 Å². The van der Waals surface area contributed by atoms with Gasteiger partial charge in [0, 0.05) is 11.6 Å². The molecule has 0 spiro atoms. The third-order valence-electron chi connectivity index (χ3n) is 2.47. The Labute approximate surface area is 84.6 Å². The minimum Gasteiger partial charge on any atom is -0.489 e. The standard InChI is InChI=1S/C12H15NO/c1-2-9-14-12-6-4-3-5-10(12)11-7-8-13-11/h2-6,11,13H,1,7-9H2/t11-/m0/s1. The van der Waals surface area contributed by atoms with E-state index in [9.17, 15) is 0 Å². The van der Waals surface area contributed by atoms with Crippen LogP contribution in [0.15, 0.2) is 36.9 Å². The van der Waals surface area contributed by atoms with E-state index in [1.54, 1.807) is 6.08 Å². The highest BCUT2D eigenvalue weighted by Gasteiger charge is 2.21. The number of hydrogen-bond donors (Lipinski definition) is 1. The quantitative estimate of drug-likeness (QED) is 0.734. The second-order valence-electron chi connectivity index (χ2n) is 3.43. The number of ether oxygens (including phenoxy) is 1. The normalized spacial score (nSPS) is 19.9. The Morgan fingerprint density at radius 2 is 2.29 bits per heavy atom. The molecular formula is C12H15NO. The van der Waals surface area contributed by atoms with Gasteiger partial charge in [0.05, 0.1) is 0 Å². The molecule has 2 rings (SSSR count). The van der Waals surface area contributed by atoms with Gasteiger partial charge in [-0.15, -0.1) is 0 Å². The lowest BCUT2D eigenvalue weighted by Crippen LogP contribution is -2.35. The van der Waals surface area contributed by atoms with Crippen LogP contribution in [0.2, 0.25) is 0 Å². The Kier molecular flexibility index (Phi) is 2.84. The average Bonchev–Trinajstić information content (AvgIpc) is 2.14. The first kappa shape index (κ1) is 9.28. The molecule has 1 saturated heterocycles. The maximum absolute atomic E-state index is 5.59. The maximum atomic E-state index is 5.59. The summed E-state index contributed by atoms with van der Waals surface area (Å²) >= 11 is 0. The summed E-state index contributed by atoms with van der Waals surface area (Å²) in [4.78, 5) is 0. The molecule has 0 aliphatic carbocycles. The molecule has 0 aromatic heterocycles. The van der Waals surface area contributed by atoms with E-state index in [0.717, 1.165) is 12.3 Å². The molecule has 1 aromatic carbocycles. The molecule has 0 unspecified atom stereocenters. The van der Waals surface area contributed by atoms with Crippen LogP contribution in [0.3, 0.4) is 0 Å². The predicted octanol–water partition coefficient (Wildman–Crippen LogP) is 2.29. The Morgan fingerprint density at radius 1 is 1.50 bits per heavy atom. The van der Waals surface area contributed by atoms with Crippen molar-refractivity contribution in [3.8, 4) is 5.75 Å². The van der Waals surface area contributed by atoms with Gasteiger partial charge in [-0.2, -0.15) is 0 Å². The van der Waals surface area contributed by atoms with Gasteiger partial charge in [-0.05, 0) is 19.0 Å². The Hall–Kier alpha value is -1.28. The van der Waals surface area contributed by atoms with Gasteiger partial charge in [0.2, 0.25) is 0 Å². The average molecular weight is 189 g/mol. The molecular weight excluding hydrogens is 174 g/mol. The first-order valence-electron chi connectivity index (χ1n) is 4.98. The molecule has 0 saturated carbocycles. The SMILES string of the molecule is C=CCOc1ccccc1[C@@H]1CCN1. The molecule has 1 aromatic rings. The van der Waals surface area contributed by atoms with Gasteiger partial charge in [0.1, 0.15) is 12.4 Å². The molecule has 0 bridgehead atoms. The highest BCUT2D eigenvalue weighted by molar-refractivity contribution is 5.37. The largest absolute Gasteiger partial charge is 0.489 e. The van der Waals surface area contributed by atoms with Crippen molar-refractivity contribution in [3.05, 3.63) is 42.5 Å². The summed E-state index contributed by atoms with van der Waals surface area (Å²) in [6.45, 7) is 5.33. The molecule has 1 heterocycles. The van der Waals surface area contributed by atoms with Crippen molar-refractivity contribution in [1.29, 1.82) is 0 Å². The van der Waals surface area contributed by atoms with Crippen LogP contribution in [0.4, 0.5) is 0 Å². The lowest BCUT2D eigenvalue weighted by molar-refractivity contribution is 0.330. The van der Waals surface area contributed by atoms with Gasteiger partial charge in [-0.3, -0.25) is 0 Å². The van der Waals surface area contributed by atoms with Gasteiger partial charge in [0.15, 0.2) is 0 Å². The van der Waals surface area contributed by atoms with Crippen LogP contribution in [0.5, 0.6) is 5.75 Å². The number of hydrogen-bond acceptors (Lipinski definition) is 2. The topological polar surface area (TPSA) is 21.3 Å². The first-order valence-corrected chi connectivity index (χ1v) is 4.98. The molecule has 14 heavy (non-hydrogen) atoms. The van der Waals surface area contributed by atoms with Gasteiger partial charge in [-0.25, -0.2) is 0 Å². The molecule has 1 N–H and O–H groups in total. The minimum absolute atomic E-state index is 0.482. The van der Waals surface area contributed by atoms with Gasteiger partial charge < -0.3 is 10.1 Å². The van der Waals surface area contributed by atoms with Crippen LogP contribution in [0, 0.1) is 0 Å². The molecule has 1 aliphatic heterocycles. The van der Waals surface area contributed by atoms with Crippen molar-refractivity contribution in [2.45, 2.75) is 12.5 Å². The molecule has 1 atom stereocenters. The van der Waals surface area contributed by atoms with E-state index < -0.39 is 0 Å².